The van der Waals surface area contributed by atoms with Gasteiger partial charge in [-0.15, -0.1) is 0 Å². The molecule has 0 aliphatic carbocycles. The third-order valence-electron chi connectivity index (χ3n) is 4.44. The second-order valence-corrected chi connectivity index (χ2v) is 6.29. The largest absolute Gasteiger partial charge is 0.508 e. The van der Waals surface area contributed by atoms with E-state index in [4.69, 9.17) is 14.2 Å². The summed E-state index contributed by atoms with van der Waals surface area (Å²) in [6.45, 7) is 4.32. The van der Waals surface area contributed by atoms with Gasteiger partial charge in [0.2, 0.25) is 6.29 Å². The van der Waals surface area contributed by atoms with E-state index in [0.29, 0.717) is 0 Å². The maximum atomic E-state index is 9.43. The standard InChI is InChI=1S/C18H18O4/c1-18(2,11-3-7-13(19)8-4-11)12-5-9-14(10-6-12)20-16-15-17(21-15)22-16/h3-10,15-17,19H,1-2H3. The van der Waals surface area contributed by atoms with Crippen LogP contribution in [0.15, 0.2) is 48.5 Å². The number of rotatable bonds is 4. The molecule has 4 rings (SSSR count). The molecule has 2 heterocycles. The quantitative estimate of drug-likeness (QED) is 0.881. The van der Waals surface area contributed by atoms with E-state index in [0.717, 1.165) is 11.3 Å². The lowest BCUT2D eigenvalue weighted by Crippen LogP contribution is -2.38. The molecule has 3 unspecified atom stereocenters. The molecule has 2 aliphatic heterocycles. The van der Waals surface area contributed by atoms with Crippen molar-refractivity contribution in [2.45, 2.75) is 37.9 Å². The first-order chi connectivity index (χ1) is 10.5. The fourth-order valence-electron chi connectivity index (χ4n) is 2.76. The van der Waals surface area contributed by atoms with E-state index in [1.807, 2.05) is 24.3 Å². The molecule has 0 aromatic heterocycles. The van der Waals surface area contributed by atoms with Crippen LogP contribution in [-0.4, -0.2) is 23.8 Å². The minimum Gasteiger partial charge on any atom is -0.508 e. The Balaban J connectivity index is 1.52. The molecule has 4 nitrogen and oxygen atoms in total. The summed E-state index contributed by atoms with van der Waals surface area (Å²) < 4.78 is 16.2. The molecule has 0 bridgehead atoms. The van der Waals surface area contributed by atoms with Crippen molar-refractivity contribution < 1.29 is 19.3 Å². The molecule has 22 heavy (non-hydrogen) atoms. The van der Waals surface area contributed by atoms with Gasteiger partial charge in [-0.25, -0.2) is 0 Å². The minimum atomic E-state index is -0.263. The maximum Gasteiger partial charge on any atom is 0.233 e. The molecular weight excluding hydrogens is 280 g/mol. The fraction of sp³-hybridized carbons (Fsp3) is 0.333. The summed E-state index contributed by atoms with van der Waals surface area (Å²) in [5.74, 6) is 1.06. The highest BCUT2D eigenvalue weighted by Gasteiger charge is 2.60. The predicted octanol–water partition coefficient (Wildman–Crippen LogP) is 3.18. The normalized spacial score (nSPS) is 26.0. The lowest BCUT2D eigenvalue weighted by Gasteiger charge is -2.27. The molecule has 2 fully saturated rings. The molecular formula is C18H18O4. The smallest absolute Gasteiger partial charge is 0.233 e. The Morgan fingerprint density at radius 2 is 1.50 bits per heavy atom. The number of aromatic hydroxyl groups is 1. The highest BCUT2D eigenvalue weighted by Crippen LogP contribution is 2.41. The van der Waals surface area contributed by atoms with Crippen LogP contribution in [0.3, 0.4) is 0 Å². The molecule has 0 amide bonds. The highest BCUT2D eigenvalue weighted by atomic mass is 16.9. The van der Waals surface area contributed by atoms with Crippen molar-refractivity contribution >= 4 is 0 Å². The zero-order chi connectivity index (χ0) is 15.3. The summed E-state index contributed by atoms with van der Waals surface area (Å²) in [7, 11) is 0. The van der Waals surface area contributed by atoms with Crippen molar-refractivity contribution in [3.05, 3.63) is 59.7 Å². The molecule has 114 valence electrons. The van der Waals surface area contributed by atoms with Gasteiger partial charge in [0.15, 0.2) is 12.4 Å². The second-order valence-electron chi connectivity index (χ2n) is 6.29. The van der Waals surface area contributed by atoms with Crippen LogP contribution < -0.4 is 4.74 Å². The minimum absolute atomic E-state index is 0.0299. The van der Waals surface area contributed by atoms with Gasteiger partial charge in [-0.1, -0.05) is 38.1 Å². The zero-order valence-corrected chi connectivity index (χ0v) is 12.5. The first kappa shape index (κ1) is 13.6. The van der Waals surface area contributed by atoms with E-state index in [9.17, 15) is 5.11 Å². The summed E-state index contributed by atoms with van der Waals surface area (Å²) in [5, 5.41) is 9.43. The highest BCUT2D eigenvalue weighted by molar-refractivity contribution is 5.41. The second kappa shape index (κ2) is 4.73. The molecule has 2 aliphatic rings. The lowest BCUT2D eigenvalue weighted by molar-refractivity contribution is -0.152. The third-order valence-corrected chi connectivity index (χ3v) is 4.44. The van der Waals surface area contributed by atoms with Crippen molar-refractivity contribution in [1.29, 1.82) is 0 Å². The Labute approximate surface area is 129 Å². The van der Waals surface area contributed by atoms with Crippen LogP contribution >= 0.6 is 0 Å². The fourth-order valence-corrected chi connectivity index (χ4v) is 2.76. The van der Waals surface area contributed by atoms with Crippen LogP contribution in [0.1, 0.15) is 25.0 Å². The van der Waals surface area contributed by atoms with E-state index < -0.39 is 0 Å². The van der Waals surface area contributed by atoms with Crippen LogP contribution in [-0.2, 0) is 14.9 Å². The lowest BCUT2D eigenvalue weighted by atomic mass is 9.78. The SMILES string of the molecule is CC(C)(c1ccc(O)cc1)c1ccc(OC2OC3OC23)cc1. The zero-order valence-electron chi connectivity index (χ0n) is 12.5. The van der Waals surface area contributed by atoms with Crippen LogP contribution in [0.4, 0.5) is 0 Å². The molecule has 4 heteroatoms. The molecule has 0 saturated carbocycles. The molecule has 0 spiro atoms. The topological polar surface area (TPSA) is 51.2 Å². The molecule has 2 aromatic rings. The Kier molecular flexibility index (Phi) is 2.93. The Hall–Kier alpha value is -2.04. The molecule has 1 N–H and O–H groups in total. The number of phenols is 1. The maximum absolute atomic E-state index is 9.43. The Morgan fingerprint density at radius 1 is 0.909 bits per heavy atom. The number of fused-ring (bicyclic) bond motifs is 1. The average Bonchev–Trinajstić information content (AvgIpc) is 3.17. The van der Waals surface area contributed by atoms with Gasteiger partial charge >= 0.3 is 0 Å². The molecule has 3 atom stereocenters. The third kappa shape index (κ3) is 2.25. The van der Waals surface area contributed by atoms with Gasteiger partial charge in [0.1, 0.15) is 11.5 Å². The van der Waals surface area contributed by atoms with Crippen LogP contribution in [0.2, 0.25) is 0 Å². The number of hydrogen-bond donors (Lipinski definition) is 1. The molecule has 0 radical (unpaired) electrons. The van der Waals surface area contributed by atoms with E-state index in [1.54, 1.807) is 12.1 Å². The summed E-state index contributed by atoms with van der Waals surface area (Å²) in [6.07, 6.45) is -0.174. The number of hydrogen-bond acceptors (Lipinski definition) is 4. The van der Waals surface area contributed by atoms with Gasteiger partial charge in [0.25, 0.3) is 0 Å². The van der Waals surface area contributed by atoms with Crippen molar-refractivity contribution in [2.75, 3.05) is 0 Å². The van der Waals surface area contributed by atoms with Crippen LogP contribution in [0.25, 0.3) is 0 Å². The number of ether oxygens (including phenoxy) is 3. The monoisotopic (exact) mass is 298 g/mol. The van der Waals surface area contributed by atoms with Crippen LogP contribution in [0, 0.1) is 0 Å². The van der Waals surface area contributed by atoms with Crippen molar-refractivity contribution in [3.63, 3.8) is 0 Å². The Morgan fingerprint density at radius 3 is 2.00 bits per heavy atom. The first-order valence-corrected chi connectivity index (χ1v) is 7.42. The Bertz CT molecular complexity index is 675. The summed E-state index contributed by atoms with van der Waals surface area (Å²) in [4.78, 5) is 0. The van der Waals surface area contributed by atoms with Crippen molar-refractivity contribution in [1.82, 2.24) is 0 Å². The van der Waals surface area contributed by atoms with Gasteiger partial charge in [-0.2, -0.15) is 0 Å². The molecule has 2 saturated heterocycles. The number of epoxide rings is 1. The summed E-state index contributed by atoms with van der Waals surface area (Å²) in [5.41, 5.74) is 2.18. The average molecular weight is 298 g/mol. The number of benzene rings is 2. The van der Waals surface area contributed by atoms with E-state index in [2.05, 4.69) is 26.0 Å². The van der Waals surface area contributed by atoms with Crippen molar-refractivity contribution in [2.24, 2.45) is 0 Å². The van der Waals surface area contributed by atoms with Gasteiger partial charge in [-0.05, 0) is 35.4 Å². The molecule has 2 aromatic carbocycles. The van der Waals surface area contributed by atoms with Gasteiger partial charge in [0.05, 0.1) is 0 Å². The summed E-state index contributed by atoms with van der Waals surface area (Å²) >= 11 is 0. The first-order valence-electron chi connectivity index (χ1n) is 7.42. The van der Waals surface area contributed by atoms with Crippen LogP contribution in [0.5, 0.6) is 11.5 Å². The number of phenolic OH excluding ortho intramolecular Hbond substituents is 1. The van der Waals surface area contributed by atoms with E-state index in [1.165, 1.54) is 5.56 Å². The van der Waals surface area contributed by atoms with E-state index in [-0.39, 0.29) is 29.8 Å². The predicted molar refractivity (Wildman–Crippen MR) is 80.8 cm³/mol. The van der Waals surface area contributed by atoms with Crippen molar-refractivity contribution in [3.8, 4) is 11.5 Å². The van der Waals surface area contributed by atoms with E-state index >= 15 is 0 Å². The van der Waals surface area contributed by atoms with Gasteiger partial charge < -0.3 is 19.3 Å². The van der Waals surface area contributed by atoms with Gasteiger partial charge in [0, 0.05) is 5.41 Å². The summed E-state index contributed by atoms with van der Waals surface area (Å²) in [6, 6.07) is 15.4. The van der Waals surface area contributed by atoms with Gasteiger partial charge in [-0.3, -0.25) is 0 Å².